The summed E-state index contributed by atoms with van der Waals surface area (Å²) in [6.07, 6.45) is 6.17. The molecule has 4 rings (SSSR count). The minimum atomic E-state index is -0.186. The van der Waals surface area contributed by atoms with Gasteiger partial charge in [0.25, 0.3) is 5.91 Å². The van der Waals surface area contributed by atoms with Gasteiger partial charge in [-0.25, -0.2) is 9.97 Å². The third kappa shape index (κ3) is 4.78. The van der Waals surface area contributed by atoms with Gasteiger partial charge in [0.1, 0.15) is 0 Å². The number of carbonyl (C=O) groups excluding carboxylic acids is 1. The number of aromatic nitrogens is 3. The molecule has 9 heteroatoms. The molecule has 0 saturated heterocycles. The van der Waals surface area contributed by atoms with E-state index in [2.05, 4.69) is 4.98 Å². The summed E-state index contributed by atoms with van der Waals surface area (Å²) in [6, 6.07) is 11.0. The van der Waals surface area contributed by atoms with Crippen molar-refractivity contribution in [3.05, 3.63) is 76.3 Å². The van der Waals surface area contributed by atoms with E-state index in [0.29, 0.717) is 27.3 Å². The molecule has 0 bridgehead atoms. The molecule has 30 heavy (non-hydrogen) atoms. The summed E-state index contributed by atoms with van der Waals surface area (Å²) in [7, 11) is 0. The molecular formula is C21H19Cl3N4OS. The van der Waals surface area contributed by atoms with Crippen LogP contribution in [-0.4, -0.2) is 27.0 Å². The van der Waals surface area contributed by atoms with Crippen molar-refractivity contribution in [2.75, 3.05) is 11.4 Å². The van der Waals surface area contributed by atoms with Crippen molar-refractivity contribution in [2.45, 2.75) is 19.9 Å². The first-order valence-corrected chi connectivity index (χ1v) is 10.7. The third-order valence-corrected chi connectivity index (χ3v) is 6.20. The van der Waals surface area contributed by atoms with Crippen LogP contribution in [0.5, 0.6) is 0 Å². The van der Waals surface area contributed by atoms with Crippen molar-refractivity contribution < 1.29 is 4.79 Å². The number of anilines is 1. The van der Waals surface area contributed by atoms with Crippen molar-refractivity contribution >= 4 is 68.2 Å². The molecule has 2 aromatic carbocycles. The summed E-state index contributed by atoms with van der Waals surface area (Å²) in [5.74, 6) is -0.186. The van der Waals surface area contributed by atoms with Crippen LogP contribution in [-0.2, 0) is 6.54 Å². The lowest BCUT2D eigenvalue weighted by molar-refractivity contribution is 0.0986. The van der Waals surface area contributed by atoms with E-state index in [4.69, 9.17) is 28.2 Å². The molecule has 1 amide bonds. The highest BCUT2D eigenvalue weighted by Crippen LogP contribution is 2.32. The van der Waals surface area contributed by atoms with Crippen LogP contribution in [0.4, 0.5) is 5.13 Å². The summed E-state index contributed by atoms with van der Waals surface area (Å²) in [4.78, 5) is 23.9. The van der Waals surface area contributed by atoms with E-state index in [-0.39, 0.29) is 18.3 Å². The maximum atomic E-state index is 13.4. The molecule has 156 valence electrons. The highest BCUT2D eigenvalue weighted by Gasteiger charge is 2.23. The maximum absolute atomic E-state index is 13.4. The van der Waals surface area contributed by atoms with Crippen LogP contribution >= 0.6 is 46.9 Å². The summed E-state index contributed by atoms with van der Waals surface area (Å²) in [6.45, 7) is 3.28. The normalized spacial score (nSPS) is 10.8. The average Bonchev–Trinajstić information content (AvgIpc) is 3.35. The summed E-state index contributed by atoms with van der Waals surface area (Å²) >= 11 is 13.8. The number of benzene rings is 2. The molecule has 0 fully saturated rings. The number of hydrogen-bond donors (Lipinski definition) is 0. The molecular weight excluding hydrogens is 463 g/mol. The fourth-order valence-corrected chi connectivity index (χ4v) is 4.67. The number of imidazole rings is 1. The highest BCUT2D eigenvalue weighted by atomic mass is 35.5. The monoisotopic (exact) mass is 480 g/mol. The summed E-state index contributed by atoms with van der Waals surface area (Å²) in [5, 5.41) is 1.49. The van der Waals surface area contributed by atoms with Crippen LogP contribution in [0.15, 0.2) is 55.1 Å². The number of hydrogen-bond acceptors (Lipinski definition) is 4. The van der Waals surface area contributed by atoms with E-state index >= 15 is 0 Å². The van der Waals surface area contributed by atoms with Gasteiger partial charge in [-0.3, -0.25) is 9.69 Å². The Bertz CT molecular complexity index is 1160. The molecule has 0 atom stereocenters. The molecule has 2 heterocycles. The maximum Gasteiger partial charge on any atom is 0.261 e. The van der Waals surface area contributed by atoms with Gasteiger partial charge < -0.3 is 4.57 Å². The Morgan fingerprint density at radius 2 is 2.07 bits per heavy atom. The smallest absolute Gasteiger partial charge is 0.261 e. The number of aryl methyl sites for hydroxylation is 2. The van der Waals surface area contributed by atoms with Crippen LogP contribution in [0.1, 0.15) is 22.3 Å². The number of carbonyl (C=O) groups is 1. The van der Waals surface area contributed by atoms with Crippen molar-refractivity contribution in [1.82, 2.24) is 14.5 Å². The first-order valence-electron chi connectivity index (χ1n) is 9.12. The summed E-state index contributed by atoms with van der Waals surface area (Å²) in [5.41, 5.74) is 2.41. The lowest BCUT2D eigenvalue weighted by atomic mass is 10.2. The molecule has 0 unspecified atom stereocenters. The number of nitrogens with zero attached hydrogens (tertiary/aromatic N) is 4. The van der Waals surface area contributed by atoms with Gasteiger partial charge in [0, 0.05) is 30.5 Å². The van der Waals surface area contributed by atoms with Gasteiger partial charge in [0.05, 0.1) is 27.1 Å². The van der Waals surface area contributed by atoms with Gasteiger partial charge in [-0.15, -0.1) is 12.4 Å². The van der Waals surface area contributed by atoms with Crippen molar-refractivity contribution in [2.24, 2.45) is 0 Å². The SMILES string of the molecule is Cc1cccc2sc(N(CCCn3ccnc3)C(=O)c3ccc(Cl)cc3Cl)nc12.Cl. The minimum Gasteiger partial charge on any atom is -0.337 e. The van der Waals surface area contributed by atoms with Crippen LogP contribution in [0.25, 0.3) is 10.2 Å². The Hall–Kier alpha value is -2.12. The predicted octanol–water partition coefficient (Wildman–Crippen LogP) is 6.27. The summed E-state index contributed by atoms with van der Waals surface area (Å²) < 4.78 is 3.04. The van der Waals surface area contributed by atoms with E-state index in [1.807, 2.05) is 35.9 Å². The zero-order valence-corrected chi connectivity index (χ0v) is 19.2. The zero-order chi connectivity index (χ0) is 20.4. The lowest BCUT2D eigenvalue weighted by Crippen LogP contribution is -2.32. The molecule has 0 aliphatic rings. The fourth-order valence-electron chi connectivity index (χ4n) is 3.11. The van der Waals surface area contributed by atoms with Crippen molar-refractivity contribution in [1.29, 1.82) is 0 Å². The van der Waals surface area contributed by atoms with Gasteiger partial charge in [-0.05, 0) is 43.2 Å². The van der Waals surface area contributed by atoms with E-state index in [0.717, 1.165) is 28.7 Å². The largest absolute Gasteiger partial charge is 0.337 e. The number of amides is 1. The third-order valence-electron chi connectivity index (χ3n) is 4.60. The number of rotatable bonds is 6. The Morgan fingerprint density at radius 1 is 1.23 bits per heavy atom. The molecule has 2 aromatic heterocycles. The number of fused-ring (bicyclic) bond motifs is 1. The van der Waals surface area contributed by atoms with Crippen molar-refractivity contribution in [3.8, 4) is 0 Å². The zero-order valence-electron chi connectivity index (χ0n) is 16.1. The van der Waals surface area contributed by atoms with Crippen molar-refractivity contribution in [3.63, 3.8) is 0 Å². The average molecular weight is 482 g/mol. The van der Waals surface area contributed by atoms with Gasteiger partial charge >= 0.3 is 0 Å². The van der Waals surface area contributed by atoms with E-state index in [9.17, 15) is 4.79 Å². The second-order valence-corrected chi connectivity index (χ2v) is 8.51. The molecule has 0 aliphatic heterocycles. The topological polar surface area (TPSA) is 51.0 Å². The van der Waals surface area contributed by atoms with Crippen LogP contribution < -0.4 is 4.90 Å². The van der Waals surface area contributed by atoms with E-state index in [1.54, 1.807) is 35.6 Å². The first kappa shape index (κ1) is 22.6. The van der Waals surface area contributed by atoms with Gasteiger partial charge in [0.2, 0.25) is 0 Å². The number of halogens is 3. The molecule has 0 radical (unpaired) electrons. The second kappa shape index (κ2) is 9.79. The standard InChI is InChI=1S/C21H18Cl2N4OS.ClH/c1-14-4-2-5-18-19(14)25-21(29-18)27(10-3-9-26-11-8-24-13-26)20(28)16-7-6-15(22)12-17(16)23;/h2,4-8,11-13H,3,9-10H2,1H3;1H. The highest BCUT2D eigenvalue weighted by molar-refractivity contribution is 7.22. The quantitative estimate of drug-likeness (QED) is 0.326. The number of thiazole rings is 1. The molecule has 0 saturated carbocycles. The number of para-hydroxylation sites is 1. The predicted molar refractivity (Wildman–Crippen MR) is 127 cm³/mol. The minimum absolute atomic E-state index is 0. The van der Waals surface area contributed by atoms with Crippen LogP contribution in [0.3, 0.4) is 0 Å². The van der Waals surface area contributed by atoms with Gasteiger partial charge in [-0.1, -0.05) is 46.7 Å². The molecule has 0 N–H and O–H groups in total. The Labute approximate surface area is 194 Å². The Balaban J connectivity index is 0.00000256. The molecule has 0 spiro atoms. The van der Waals surface area contributed by atoms with E-state index in [1.165, 1.54) is 11.3 Å². The Morgan fingerprint density at radius 3 is 2.77 bits per heavy atom. The second-order valence-electron chi connectivity index (χ2n) is 6.65. The molecule has 4 aromatic rings. The van der Waals surface area contributed by atoms with Crippen LogP contribution in [0, 0.1) is 6.92 Å². The fraction of sp³-hybridized carbons (Fsp3) is 0.190. The Kier molecular flexibility index (Phi) is 7.36. The van der Waals surface area contributed by atoms with Gasteiger partial charge in [-0.2, -0.15) is 0 Å². The van der Waals surface area contributed by atoms with Gasteiger partial charge in [0.15, 0.2) is 5.13 Å². The first-order chi connectivity index (χ1) is 14.0. The van der Waals surface area contributed by atoms with Crippen LogP contribution in [0.2, 0.25) is 10.0 Å². The van der Waals surface area contributed by atoms with E-state index < -0.39 is 0 Å². The molecule has 5 nitrogen and oxygen atoms in total. The lowest BCUT2D eigenvalue weighted by Gasteiger charge is -2.20. The molecule has 0 aliphatic carbocycles.